The molecular weight excluding hydrogens is 308 g/mol. The van der Waals surface area contributed by atoms with E-state index in [4.69, 9.17) is 0 Å². The van der Waals surface area contributed by atoms with Crippen molar-refractivity contribution >= 4 is 35.0 Å². The molecule has 23 heavy (non-hydrogen) atoms. The van der Waals surface area contributed by atoms with Gasteiger partial charge in [-0.1, -0.05) is 37.3 Å². The highest BCUT2D eigenvalue weighted by molar-refractivity contribution is 8.02. The minimum atomic E-state index is -0.986. The summed E-state index contributed by atoms with van der Waals surface area (Å²) >= 11 is 1.39. The molecule has 2 amide bonds. The Labute approximate surface area is 138 Å². The minimum absolute atomic E-state index is 0.0323. The predicted octanol–water partition coefficient (Wildman–Crippen LogP) is 3.13. The zero-order chi connectivity index (χ0) is 16.0. The molecule has 1 spiro atoms. The number of para-hydroxylation sites is 1. The second-order valence-electron chi connectivity index (χ2n) is 5.69. The van der Waals surface area contributed by atoms with Crippen LogP contribution in [0.1, 0.15) is 18.1 Å². The summed E-state index contributed by atoms with van der Waals surface area (Å²) in [5.41, 5.74) is 3.58. The van der Waals surface area contributed by atoms with Crippen LogP contribution in [0.2, 0.25) is 0 Å². The van der Waals surface area contributed by atoms with Crippen molar-refractivity contribution < 1.29 is 9.59 Å². The average molecular weight is 324 g/mol. The first kappa shape index (κ1) is 14.3. The Morgan fingerprint density at radius 2 is 2.00 bits per heavy atom. The monoisotopic (exact) mass is 324 g/mol. The summed E-state index contributed by atoms with van der Waals surface area (Å²) < 4.78 is 0. The molecule has 4 rings (SSSR count). The highest BCUT2D eigenvalue weighted by atomic mass is 32.2. The molecule has 0 radical (unpaired) electrons. The molecule has 2 aromatic carbocycles. The van der Waals surface area contributed by atoms with E-state index in [9.17, 15) is 9.59 Å². The Kier molecular flexibility index (Phi) is 3.20. The summed E-state index contributed by atoms with van der Waals surface area (Å²) in [4.78, 5) is 26.1. The molecule has 1 fully saturated rings. The summed E-state index contributed by atoms with van der Waals surface area (Å²) in [6.45, 7) is 2.08. The van der Waals surface area contributed by atoms with Crippen molar-refractivity contribution in [1.29, 1.82) is 0 Å². The molecule has 0 saturated carbocycles. The summed E-state index contributed by atoms with van der Waals surface area (Å²) in [7, 11) is 0. The van der Waals surface area contributed by atoms with Crippen LogP contribution in [-0.2, 0) is 20.9 Å². The standard InChI is InChI=1S/C18H16N2O2S/c1-2-12-6-5-7-13(10-12)20-16(21)11-23-18(20)14-8-3-4-9-15(14)19-17(18)22/h3-10H,2,11H2,1H3,(H,19,22)/t18-/m1/s1. The normalized spacial score (nSPS) is 22.6. The lowest BCUT2D eigenvalue weighted by molar-refractivity contribution is -0.122. The first-order chi connectivity index (χ1) is 11.2. The van der Waals surface area contributed by atoms with Crippen molar-refractivity contribution in [2.45, 2.75) is 18.2 Å². The van der Waals surface area contributed by atoms with Gasteiger partial charge in [-0.25, -0.2) is 0 Å². The van der Waals surface area contributed by atoms with E-state index in [1.165, 1.54) is 11.8 Å². The molecule has 116 valence electrons. The van der Waals surface area contributed by atoms with E-state index in [0.29, 0.717) is 5.75 Å². The number of carbonyl (C=O) groups is 2. The van der Waals surface area contributed by atoms with Crippen molar-refractivity contribution in [3.63, 3.8) is 0 Å². The Morgan fingerprint density at radius 1 is 1.17 bits per heavy atom. The zero-order valence-electron chi connectivity index (χ0n) is 12.7. The van der Waals surface area contributed by atoms with Crippen molar-refractivity contribution in [1.82, 2.24) is 0 Å². The van der Waals surface area contributed by atoms with E-state index in [1.54, 1.807) is 4.90 Å². The van der Waals surface area contributed by atoms with E-state index in [2.05, 4.69) is 12.2 Å². The van der Waals surface area contributed by atoms with Gasteiger partial charge in [0.05, 0.1) is 5.75 Å². The molecule has 4 nitrogen and oxygen atoms in total. The number of hydrogen-bond donors (Lipinski definition) is 1. The third-order valence-electron chi connectivity index (χ3n) is 4.39. The molecule has 1 N–H and O–H groups in total. The third-order valence-corrected chi connectivity index (χ3v) is 5.79. The maximum Gasteiger partial charge on any atom is 0.266 e. The van der Waals surface area contributed by atoms with Crippen LogP contribution in [0.4, 0.5) is 11.4 Å². The van der Waals surface area contributed by atoms with E-state index >= 15 is 0 Å². The highest BCUT2D eigenvalue weighted by Crippen LogP contribution is 2.53. The van der Waals surface area contributed by atoms with Gasteiger partial charge in [-0.15, -0.1) is 11.8 Å². The average Bonchev–Trinajstić information content (AvgIpc) is 3.07. The van der Waals surface area contributed by atoms with E-state index < -0.39 is 4.87 Å². The molecule has 5 heteroatoms. The fraction of sp³-hybridized carbons (Fsp3) is 0.222. The number of rotatable bonds is 2. The summed E-state index contributed by atoms with van der Waals surface area (Å²) in [6.07, 6.45) is 0.888. The van der Waals surface area contributed by atoms with Crippen LogP contribution in [0.15, 0.2) is 48.5 Å². The number of aryl methyl sites for hydroxylation is 1. The van der Waals surface area contributed by atoms with Gasteiger partial charge >= 0.3 is 0 Å². The van der Waals surface area contributed by atoms with Crippen molar-refractivity contribution in [2.24, 2.45) is 0 Å². The molecule has 0 unspecified atom stereocenters. The second-order valence-corrected chi connectivity index (χ2v) is 6.85. The molecule has 0 aromatic heterocycles. The first-order valence-corrected chi connectivity index (χ1v) is 8.62. The lowest BCUT2D eigenvalue weighted by Gasteiger charge is -2.32. The largest absolute Gasteiger partial charge is 0.323 e. The van der Waals surface area contributed by atoms with Crippen molar-refractivity contribution in [3.8, 4) is 0 Å². The lowest BCUT2D eigenvalue weighted by Crippen LogP contribution is -2.47. The number of anilines is 2. The first-order valence-electron chi connectivity index (χ1n) is 7.63. The van der Waals surface area contributed by atoms with Crippen LogP contribution in [0.3, 0.4) is 0 Å². The smallest absolute Gasteiger partial charge is 0.266 e. The zero-order valence-corrected chi connectivity index (χ0v) is 13.5. The van der Waals surface area contributed by atoms with Gasteiger partial charge in [0.1, 0.15) is 0 Å². The van der Waals surface area contributed by atoms with E-state index in [-0.39, 0.29) is 11.8 Å². The molecule has 1 saturated heterocycles. The highest BCUT2D eigenvalue weighted by Gasteiger charge is 2.58. The van der Waals surface area contributed by atoms with Crippen LogP contribution in [0.25, 0.3) is 0 Å². The van der Waals surface area contributed by atoms with Gasteiger partial charge in [0.25, 0.3) is 5.91 Å². The summed E-state index contributed by atoms with van der Waals surface area (Å²) in [5, 5.41) is 2.93. The minimum Gasteiger partial charge on any atom is -0.323 e. The van der Waals surface area contributed by atoms with Gasteiger partial charge in [0.15, 0.2) is 0 Å². The van der Waals surface area contributed by atoms with Crippen LogP contribution >= 0.6 is 11.8 Å². The van der Waals surface area contributed by atoms with Crippen molar-refractivity contribution in [2.75, 3.05) is 16.0 Å². The Balaban J connectivity index is 1.91. The number of thioether (sulfide) groups is 1. The second kappa shape index (κ2) is 5.13. The summed E-state index contributed by atoms with van der Waals surface area (Å²) in [6, 6.07) is 15.5. The molecule has 0 bridgehead atoms. The molecule has 2 aromatic rings. The third kappa shape index (κ3) is 1.93. The fourth-order valence-corrected chi connectivity index (χ4v) is 4.61. The maximum absolute atomic E-state index is 12.8. The van der Waals surface area contributed by atoms with Crippen LogP contribution in [0.5, 0.6) is 0 Å². The number of benzene rings is 2. The molecule has 2 heterocycles. The molecular formula is C18H16N2O2S. The number of fused-ring (bicyclic) bond motifs is 2. The number of hydrogen-bond acceptors (Lipinski definition) is 3. The van der Waals surface area contributed by atoms with Gasteiger partial charge < -0.3 is 5.32 Å². The number of amides is 2. The number of nitrogens with one attached hydrogen (secondary N) is 1. The molecule has 0 aliphatic carbocycles. The quantitative estimate of drug-likeness (QED) is 0.923. The van der Waals surface area contributed by atoms with Crippen LogP contribution < -0.4 is 10.2 Å². The molecule has 1 atom stereocenters. The number of nitrogens with zero attached hydrogens (tertiary/aromatic N) is 1. The SMILES string of the molecule is CCc1cccc(N2C(=O)CS[C@]23C(=O)Nc2ccccc23)c1. The predicted molar refractivity (Wildman–Crippen MR) is 92.5 cm³/mol. The topological polar surface area (TPSA) is 49.4 Å². The Bertz CT molecular complexity index is 820. The lowest BCUT2D eigenvalue weighted by atomic mass is 10.0. The van der Waals surface area contributed by atoms with Gasteiger partial charge in [-0.2, -0.15) is 0 Å². The Hall–Kier alpha value is -2.27. The molecule has 2 aliphatic rings. The number of carbonyl (C=O) groups excluding carboxylic acids is 2. The van der Waals surface area contributed by atoms with Crippen LogP contribution in [-0.4, -0.2) is 17.6 Å². The fourth-order valence-electron chi connectivity index (χ4n) is 3.29. The van der Waals surface area contributed by atoms with Gasteiger partial charge in [0.2, 0.25) is 10.8 Å². The van der Waals surface area contributed by atoms with Crippen LogP contribution in [0, 0.1) is 0 Å². The maximum atomic E-state index is 12.8. The molecule has 2 aliphatic heterocycles. The van der Waals surface area contributed by atoms with E-state index in [0.717, 1.165) is 28.9 Å². The van der Waals surface area contributed by atoms with Gasteiger partial charge in [-0.05, 0) is 30.2 Å². The Morgan fingerprint density at radius 3 is 2.83 bits per heavy atom. The van der Waals surface area contributed by atoms with Gasteiger partial charge in [-0.3, -0.25) is 14.5 Å². The summed E-state index contributed by atoms with van der Waals surface area (Å²) in [5.74, 6) is 0.129. The van der Waals surface area contributed by atoms with Crippen molar-refractivity contribution in [3.05, 3.63) is 59.7 Å². The van der Waals surface area contributed by atoms with Gasteiger partial charge in [0, 0.05) is 16.9 Å². The van der Waals surface area contributed by atoms with E-state index in [1.807, 2.05) is 48.5 Å².